The van der Waals surface area contributed by atoms with Crippen LogP contribution in [-0.2, 0) is 9.59 Å². The van der Waals surface area contributed by atoms with E-state index >= 15 is 0 Å². The van der Waals surface area contributed by atoms with Crippen molar-refractivity contribution in [1.29, 1.82) is 0 Å². The summed E-state index contributed by atoms with van der Waals surface area (Å²) < 4.78 is -0.195. The van der Waals surface area contributed by atoms with E-state index in [0.29, 0.717) is 12.3 Å². The smallest absolute Gasteiger partial charge is 0.363 e. The van der Waals surface area contributed by atoms with E-state index in [1.54, 1.807) is 6.20 Å². The number of aliphatic carboxylic acids is 2. The number of hydrogen-bond donors (Lipinski definition) is 2. The molecule has 22 heavy (non-hydrogen) atoms. The summed E-state index contributed by atoms with van der Waals surface area (Å²) in [6, 6.07) is -0.853. The summed E-state index contributed by atoms with van der Waals surface area (Å²) in [7, 11) is 0. The Kier molecular flexibility index (Phi) is 7.24. The Morgan fingerprint density at radius 3 is 2.41 bits per heavy atom. The second-order valence-electron chi connectivity index (χ2n) is 5.86. The normalized spacial score (nSPS) is 21.6. The third-order valence-electron chi connectivity index (χ3n) is 4.24. The van der Waals surface area contributed by atoms with Crippen molar-refractivity contribution in [2.75, 3.05) is 6.54 Å². The van der Waals surface area contributed by atoms with Crippen LogP contribution in [0.25, 0.3) is 0 Å². The molecule has 0 aromatic heterocycles. The Hall–Kier alpha value is -1.69. The summed E-state index contributed by atoms with van der Waals surface area (Å²) >= 11 is 0. The summed E-state index contributed by atoms with van der Waals surface area (Å²) in [6.07, 6.45) is 10.6. The van der Waals surface area contributed by atoms with Crippen LogP contribution in [0.15, 0.2) is 17.4 Å². The van der Waals surface area contributed by atoms with Gasteiger partial charge in [0.1, 0.15) is 6.20 Å². The predicted octanol–water partition coefficient (Wildman–Crippen LogP) is 2.99. The maximum atomic E-state index is 11.4. The molecule has 0 amide bonds. The van der Waals surface area contributed by atoms with Crippen LogP contribution in [-0.4, -0.2) is 45.1 Å². The Labute approximate surface area is 131 Å². The van der Waals surface area contributed by atoms with Crippen molar-refractivity contribution in [3.63, 3.8) is 0 Å². The standard InChI is InChI=1S/C16H26N2O4/c1-3-4-5-6-7-8-9-14-17-10-11-18(14,12-15(19)20)13(2)16(21)22/h10-11,13H,3-9,12H2,1-2H3,(H-,19,20,21,22)/p+1. The molecule has 0 bridgehead atoms. The zero-order valence-electron chi connectivity index (χ0n) is 13.5. The second kappa shape index (κ2) is 8.68. The van der Waals surface area contributed by atoms with Crippen molar-refractivity contribution in [1.82, 2.24) is 0 Å². The van der Waals surface area contributed by atoms with Crippen LogP contribution in [0.1, 0.15) is 58.8 Å². The molecule has 124 valence electrons. The number of carbonyl (C=O) groups is 2. The van der Waals surface area contributed by atoms with E-state index < -0.39 is 18.0 Å². The lowest BCUT2D eigenvalue weighted by atomic mass is 10.1. The second-order valence-corrected chi connectivity index (χ2v) is 5.86. The Morgan fingerprint density at radius 1 is 1.18 bits per heavy atom. The third kappa shape index (κ3) is 4.66. The van der Waals surface area contributed by atoms with Crippen LogP contribution in [0.4, 0.5) is 0 Å². The Balaban J connectivity index is 2.67. The van der Waals surface area contributed by atoms with Gasteiger partial charge in [-0.15, -0.1) is 0 Å². The molecular weight excluding hydrogens is 284 g/mol. The van der Waals surface area contributed by atoms with E-state index in [0.717, 1.165) is 19.3 Å². The molecule has 0 aromatic carbocycles. The van der Waals surface area contributed by atoms with E-state index in [1.165, 1.54) is 32.4 Å². The fourth-order valence-corrected chi connectivity index (χ4v) is 2.82. The van der Waals surface area contributed by atoms with Crippen LogP contribution in [0.5, 0.6) is 0 Å². The summed E-state index contributed by atoms with van der Waals surface area (Å²) in [5.74, 6) is -1.38. The molecule has 0 spiro atoms. The number of amidine groups is 1. The van der Waals surface area contributed by atoms with E-state index in [9.17, 15) is 14.7 Å². The van der Waals surface area contributed by atoms with Gasteiger partial charge in [-0.1, -0.05) is 39.0 Å². The highest BCUT2D eigenvalue weighted by atomic mass is 16.4. The lowest BCUT2D eigenvalue weighted by Gasteiger charge is -2.34. The zero-order valence-corrected chi connectivity index (χ0v) is 13.5. The van der Waals surface area contributed by atoms with Crippen molar-refractivity contribution in [3.05, 3.63) is 12.4 Å². The first-order valence-electron chi connectivity index (χ1n) is 8.01. The minimum absolute atomic E-state index is 0.195. The Bertz CT molecular complexity index is 459. The molecule has 2 atom stereocenters. The number of hydrogen-bond acceptors (Lipinski definition) is 3. The molecule has 6 heteroatoms. The van der Waals surface area contributed by atoms with Crippen LogP contribution >= 0.6 is 0 Å². The zero-order chi connectivity index (χ0) is 16.6. The highest BCUT2D eigenvalue weighted by Gasteiger charge is 2.45. The fourth-order valence-electron chi connectivity index (χ4n) is 2.82. The average molecular weight is 311 g/mol. The molecule has 0 saturated heterocycles. The van der Waals surface area contributed by atoms with Crippen molar-refractivity contribution < 1.29 is 24.3 Å². The molecule has 6 nitrogen and oxygen atoms in total. The van der Waals surface area contributed by atoms with Crippen LogP contribution in [0.3, 0.4) is 0 Å². The molecule has 1 heterocycles. The summed E-state index contributed by atoms with van der Waals surface area (Å²) in [4.78, 5) is 26.8. The number of rotatable bonds is 11. The molecular formula is C16H27N2O4+. The van der Waals surface area contributed by atoms with Gasteiger partial charge in [0.15, 0.2) is 12.6 Å². The number of unbranched alkanes of at least 4 members (excludes halogenated alkanes) is 5. The predicted molar refractivity (Wildman–Crippen MR) is 84.4 cm³/mol. The summed E-state index contributed by atoms with van der Waals surface area (Å²) in [5, 5.41) is 18.5. The van der Waals surface area contributed by atoms with E-state index in [2.05, 4.69) is 11.9 Å². The highest BCUT2D eigenvalue weighted by Crippen LogP contribution is 2.25. The van der Waals surface area contributed by atoms with Gasteiger partial charge in [0.2, 0.25) is 5.84 Å². The molecule has 0 saturated carbocycles. The van der Waals surface area contributed by atoms with E-state index in [4.69, 9.17) is 5.11 Å². The van der Waals surface area contributed by atoms with Gasteiger partial charge < -0.3 is 10.2 Å². The molecule has 2 unspecified atom stereocenters. The molecule has 0 radical (unpaired) electrons. The number of aliphatic imine (C=N–C) groups is 1. The van der Waals surface area contributed by atoms with Gasteiger partial charge >= 0.3 is 11.9 Å². The number of carboxylic acid groups (broad SMARTS) is 2. The molecule has 0 aliphatic carbocycles. The Morgan fingerprint density at radius 2 is 1.82 bits per heavy atom. The monoisotopic (exact) mass is 311 g/mol. The van der Waals surface area contributed by atoms with Crippen LogP contribution in [0, 0.1) is 0 Å². The molecule has 0 fully saturated rings. The first-order valence-corrected chi connectivity index (χ1v) is 8.01. The topological polar surface area (TPSA) is 87.0 Å². The molecule has 2 N–H and O–H groups in total. The van der Waals surface area contributed by atoms with Gasteiger partial charge in [-0.3, -0.25) is 0 Å². The summed E-state index contributed by atoms with van der Waals surface area (Å²) in [6.45, 7) is 3.43. The minimum atomic E-state index is -1.02. The SMILES string of the molecule is CCCCCCCCC1=NC=C[N+]1(CC(=O)O)C(C)C(=O)O. The van der Waals surface area contributed by atoms with Gasteiger partial charge in [-0.25, -0.2) is 19.1 Å². The van der Waals surface area contributed by atoms with Crippen LogP contribution < -0.4 is 0 Å². The fraction of sp³-hybridized carbons (Fsp3) is 0.688. The first kappa shape index (κ1) is 18.4. The third-order valence-corrected chi connectivity index (χ3v) is 4.24. The van der Waals surface area contributed by atoms with Crippen molar-refractivity contribution in [3.8, 4) is 0 Å². The number of carboxylic acids is 2. The van der Waals surface area contributed by atoms with Gasteiger partial charge in [-0.2, -0.15) is 0 Å². The largest absolute Gasteiger partial charge is 0.477 e. The molecule has 1 aliphatic heterocycles. The van der Waals surface area contributed by atoms with Crippen LogP contribution in [0.2, 0.25) is 0 Å². The van der Waals surface area contributed by atoms with Crippen molar-refractivity contribution in [2.45, 2.75) is 64.8 Å². The van der Waals surface area contributed by atoms with E-state index in [-0.39, 0.29) is 11.0 Å². The lowest BCUT2D eigenvalue weighted by Crippen LogP contribution is -2.58. The van der Waals surface area contributed by atoms with Crippen molar-refractivity contribution >= 4 is 17.8 Å². The maximum absolute atomic E-state index is 11.4. The van der Waals surface area contributed by atoms with Gasteiger partial charge in [-0.05, 0) is 13.3 Å². The van der Waals surface area contributed by atoms with Gasteiger partial charge in [0.25, 0.3) is 0 Å². The lowest BCUT2D eigenvalue weighted by molar-refractivity contribution is -0.796. The maximum Gasteiger partial charge on any atom is 0.363 e. The van der Waals surface area contributed by atoms with E-state index in [1.807, 2.05) is 0 Å². The molecule has 1 aliphatic rings. The number of nitrogens with zero attached hydrogens (tertiary/aromatic N) is 2. The van der Waals surface area contributed by atoms with Gasteiger partial charge in [0, 0.05) is 6.42 Å². The van der Waals surface area contributed by atoms with Crippen molar-refractivity contribution in [2.24, 2.45) is 4.99 Å². The molecule has 1 rings (SSSR count). The van der Waals surface area contributed by atoms with Gasteiger partial charge in [0.05, 0.1) is 6.20 Å². The quantitative estimate of drug-likeness (QED) is 0.453. The summed E-state index contributed by atoms with van der Waals surface area (Å²) in [5.41, 5.74) is 0. The number of quaternary nitrogens is 1. The molecule has 0 aromatic rings. The highest BCUT2D eigenvalue weighted by molar-refractivity contribution is 5.84. The minimum Gasteiger partial charge on any atom is -0.477 e. The average Bonchev–Trinajstić information content (AvgIpc) is 2.84. The first-order chi connectivity index (χ1) is 10.4.